The number of hydrogen-bond acceptors (Lipinski definition) is 2. The predicted octanol–water partition coefficient (Wildman–Crippen LogP) is 2.34. The van der Waals surface area contributed by atoms with Gasteiger partial charge >= 0.3 is 0 Å². The Balaban J connectivity index is 2.93. The summed E-state index contributed by atoms with van der Waals surface area (Å²) < 4.78 is 24.8. The fourth-order valence-corrected chi connectivity index (χ4v) is 2.39. The van der Waals surface area contributed by atoms with Crippen molar-refractivity contribution in [3.05, 3.63) is 34.9 Å². The van der Waals surface area contributed by atoms with Crippen molar-refractivity contribution in [3.8, 4) is 0 Å². The minimum atomic E-state index is -3.19. The highest BCUT2D eigenvalue weighted by Gasteiger charge is 2.13. The van der Waals surface area contributed by atoms with Crippen LogP contribution in [0.1, 0.15) is 24.9 Å². The van der Waals surface area contributed by atoms with Gasteiger partial charge in [0.1, 0.15) is 0 Å². The van der Waals surface area contributed by atoms with E-state index in [1.807, 2.05) is 19.1 Å². The molecule has 1 N–H and O–H groups in total. The summed E-state index contributed by atoms with van der Waals surface area (Å²) in [5.41, 5.74) is 0.885. The van der Waals surface area contributed by atoms with Gasteiger partial charge in [-0.05, 0) is 24.1 Å². The maximum Gasteiger partial charge on any atom is 0.209 e. The first-order chi connectivity index (χ1) is 6.92. The molecule has 0 aliphatic rings. The van der Waals surface area contributed by atoms with Crippen molar-refractivity contribution >= 4 is 21.6 Å². The number of nitrogens with one attached hydrogen (secondary N) is 1. The summed E-state index contributed by atoms with van der Waals surface area (Å²) in [5, 5.41) is 0.612. The van der Waals surface area contributed by atoms with Crippen molar-refractivity contribution in [2.45, 2.75) is 19.4 Å². The van der Waals surface area contributed by atoms with Crippen LogP contribution in [0, 0.1) is 0 Å². The molecule has 1 atom stereocenters. The van der Waals surface area contributed by atoms with Gasteiger partial charge in [-0.25, -0.2) is 13.1 Å². The molecule has 0 aromatic heterocycles. The molecule has 0 amide bonds. The second-order valence-corrected chi connectivity index (χ2v) is 5.62. The summed E-state index contributed by atoms with van der Waals surface area (Å²) >= 11 is 5.84. The molecule has 5 heteroatoms. The van der Waals surface area contributed by atoms with Gasteiger partial charge in [-0.3, -0.25) is 0 Å². The lowest BCUT2D eigenvalue weighted by Crippen LogP contribution is -2.26. The normalized spacial score (nSPS) is 13.8. The van der Waals surface area contributed by atoms with E-state index in [2.05, 4.69) is 4.72 Å². The molecule has 0 heterocycles. The van der Waals surface area contributed by atoms with Crippen molar-refractivity contribution in [2.24, 2.45) is 0 Å². The molecular formula is C10H14ClNO2S. The third kappa shape index (κ3) is 4.20. The first-order valence-corrected chi connectivity index (χ1v) is 6.92. The van der Waals surface area contributed by atoms with Crippen molar-refractivity contribution in [1.29, 1.82) is 0 Å². The molecule has 1 aromatic carbocycles. The molecule has 1 rings (SSSR count). The zero-order chi connectivity index (χ0) is 11.5. The summed E-state index contributed by atoms with van der Waals surface area (Å²) in [4.78, 5) is 0. The molecule has 0 saturated heterocycles. The van der Waals surface area contributed by atoms with Crippen molar-refractivity contribution in [2.75, 3.05) is 6.26 Å². The third-order valence-electron chi connectivity index (χ3n) is 2.02. The van der Waals surface area contributed by atoms with Crippen LogP contribution in [-0.4, -0.2) is 14.7 Å². The molecule has 3 nitrogen and oxygen atoms in total. The van der Waals surface area contributed by atoms with Gasteiger partial charge in [0.15, 0.2) is 0 Å². The summed E-state index contributed by atoms with van der Waals surface area (Å²) in [7, 11) is -3.19. The fourth-order valence-electron chi connectivity index (χ4n) is 1.37. The number of hydrogen-bond donors (Lipinski definition) is 1. The van der Waals surface area contributed by atoms with Gasteiger partial charge in [0, 0.05) is 11.1 Å². The summed E-state index contributed by atoms with van der Waals surface area (Å²) in [5.74, 6) is 0. The van der Waals surface area contributed by atoms with Crippen LogP contribution < -0.4 is 4.72 Å². The molecule has 0 fully saturated rings. The quantitative estimate of drug-likeness (QED) is 0.888. The lowest BCUT2D eigenvalue weighted by atomic mass is 10.1. The van der Waals surface area contributed by atoms with Gasteiger partial charge in [-0.15, -0.1) is 0 Å². The fraction of sp³-hybridized carbons (Fsp3) is 0.400. The van der Waals surface area contributed by atoms with Crippen molar-refractivity contribution in [1.82, 2.24) is 4.72 Å². The molecule has 0 unspecified atom stereocenters. The van der Waals surface area contributed by atoms with E-state index in [0.717, 1.165) is 11.8 Å². The molecule has 15 heavy (non-hydrogen) atoms. The second-order valence-electron chi connectivity index (χ2n) is 3.41. The first-order valence-electron chi connectivity index (χ1n) is 4.65. The Kier molecular flexibility index (Phi) is 4.13. The van der Waals surface area contributed by atoms with E-state index in [9.17, 15) is 8.42 Å². The standard InChI is InChI=1S/C10H14ClNO2S/c1-3-10(12-15(2,13)14)8-5-4-6-9(11)7-8/h4-7,10,12H,3H2,1-2H3/t10-/m0/s1. The largest absolute Gasteiger partial charge is 0.213 e. The number of sulfonamides is 1. The highest BCUT2D eigenvalue weighted by molar-refractivity contribution is 7.88. The van der Waals surface area contributed by atoms with Crippen LogP contribution in [0.25, 0.3) is 0 Å². The molecule has 0 saturated carbocycles. The second kappa shape index (κ2) is 4.96. The highest BCUT2D eigenvalue weighted by atomic mass is 35.5. The van der Waals surface area contributed by atoms with Crippen molar-refractivity contribution in [3.63, 3.8) is 0 Å². The Labute approximate surface area is 95.5 Å². The first kappa shape index (κ1) is 12.5. The molecule has 0 bridgehead atoms. The summed E-state index contributed by atoms with van der Waals surface area (Å²) in [6.45, 7) is 1.92. The van der Waals surface area contributed by atoms with Gasteiger partial charge in [0.2, 0.25) is 10.0 Å². The smallest absolute Gasteiger partial charge is 0.209 e. The number of halogens is 1. The van der Waals surface area contributed by atoms with E-state index in [4.69, 9.17) is 11.6 Å². The molecular weight excluding hydrogens is 234 g/mol. The van der Waals surface area contributed by atoms with E-state index in [0.29, 0.717) is 11.4 Å². The van der Waals surface area contributed by atoms with Crippen LogP contribution in [0.15, 0.2) is 24.3 Å². The van der Waals surface area contributed by atoms with Gasteiger partial charge in [-0.1, -0.05) is 30.7 Å². The topological polar surface area (TPSA) is 46.2 Å². The van der Waals surface area contributed by atoms with Gasteiger partial charge in [-0.2, -0.15) is 0 Å². The summed E-state index contributed by atoms with van der Waals surface area (Å²) in [6, 6.07) is 6.99. The van der Waals surface area contributed by atoms with Crippen LogP contribution in [-0.2, 0) is 10.0 Å². The van der Waals surface area contributed by atoms with E-state index in [1.54, 1.807) is 12.1 Å². The summed E-state index contributed by atoms with van der Waals surface area (Å²) in [6.07, 6.45) is 1.84. The molecule has 0 aliphatic carbocycles. The highest BCUT2D eigenvalue weighted by Crippen LogP contribution is 2.20. The predicted molar refractivity (Wildman–Crippen MR) is 62.5 cm³/mol. The Morgan fingerprint density at radius 3 is 2.60 bits per heavy atom. The minimum absolute atomic E-state index is 0.210. The SMILES string of the molecule is CC[C@H](NS(C)(=O)=O)c1cccc(Cl)c1. The molecule has 84 valence electrons. The Bertz CT molecular complexity index is 431. The monoisotopic (exact) mass is 247 g/mol. The van der Waals surface area contributed by atoms with Crippen LogP contribution in [0.2, 0.25) is 5.02 Å². The molecule has 0 aliphatic heterocycles. The minimum Gasteiger partial charge on any atom is -0.213 e. The van der Waals surface area contributed by atoms with E-state index >= 15 is 0 Å². The lowest BCUT2D eigenvalue weighted by Gasteiger charge is -2.15. The Morgan fingerprint density at radius 2 is 2.13 bits per heavy atom. The van der Waals surface area contributed by atoms with E-state index < -0.39 is 10.0 Å². The molecule has 0 spiro atoms. The average molecular weight is 248 g/mol. The Morgan fingerprint density at radius 1 is 1.47 bits per heavy atom. The van der Waals surface area contributed by atoms with E-state index in [1.165, 1.54) is 0 Å². The number of rotatable bonds is 4. The lowest BCUT2D eigenvalue weighted by molar-refractivity contribution is 0.555. The number of benzene rings is 1. The van der Waals surface area contributed by atoms with Crippen LogP contribution >= 0.6 is 11.6 Å². The third-order valence-corrected chi connectivity index (χ3v) is 2.96. The zero-order valence-corrected chi connectivity index (χ0v) is 10.3. The molecule has 0 radical (unpaired) electrons. The van der Waals surface area contributed by atoms with E-state index in [-0.39, 0.29) is 6.04 Å². The van der Waals surface area contributed by atoms with Crippen molar-refractivity contribution < 1.29 is 8.42 Å². The molecule has 1 aromatic rings. The van der Waals surface area contributed by atoms with Crippen LogP contribution in [0.4, 0.5) is 0 Å². The van der Waals surface area contributed by atoms with Gasteiger partial charge in [0.05, 0.1) is 6.26 Å². The zero-order valence-electron chi connectivity index (χ0n) is 8.70. The average Bonchev–Trinajstić information content (AvgIpc) is 2.13. The maximum absolute atomic E-state index is 11.1. The van der Waals surface area contributed by atoms with Gasteiger partial charge in [0.25, 0.3) is 0 Å². The van der Waals surface area contributed by atoms with Gasteiger partial charge < -0.3 is 0 Å². The van der Waals surface area contributed by atoms with Crippen LogP contribution in [0.5, 0.6) is 0 Å². The Hall–Kier alpha value is -0.580. The maximum atomic E-state index is 11.1. The van der Waals surface area contributed by atoms with Crippen LogP contribution in [0.3, 0.4) is 0 Å².